The van der Waals surface area contributed by atoms with Gasteiger partial charge < -0.3 is 9.40 Å². The predicted molar refractivity (Wildman–Crippen MR) is 63.8 cm³/mol. The smallest absolute Gasteiger partial charge is 0.203 e. The molecule has 0 aliphatic carbocycles. The minimum atomic E-state index is 0.315. The van der Waals surface area contributed by atoms with Crippen LogP contribution in [0, 0.1) is 0 Å². The molecule has 3 nitrogen and oxygen atoms in total. The van der Waals surface area contributed by atoms with Crippen molar-refractivity contribution in [3.63, 3.8) is 0 Å². The maximum absolute atomic E-state index is 6.03. The molecule has 0 spiro atoms. The molecule has 0 amide bonds. The van der Waals surface area contributed by atoms with Crippen LogP contribution in [-0.4, -0.2) is 9.97 Å². The van der Waals surface area contributed by atoms with Gasteiger partial charge in [-0.2, -0.15) is 0 Å². The molecule has 0 saturated heterocycles. The monoisotopic (exact) mass is 252 g/mol. The van der Waals surface area contributed by atoms with Gasteiger partial charge in [0.15, 0.2) is 0 Å². The van der Waals surface area contributed by atoms with Gasteiger partial charge >= 0.3 is 0 Å². The lowest BCUT2D eigenvalue weighted by Crippen LogP contribution is -1.76. The van der Waals surface area contributed by atoms with Crippen LogP contribution in [0.2, 0.25) is 10.2 Å². The summed E-state index contributed by atoms with van der Waals surface area (Å²) in [5.74, 6) is 0.654. The molecule has 2 aromatic heterocycles. The second kappa shape index (κ2) is 3.54. The zero-order valence-electron chi connectivity index (χ0n) is 8.00. The molecule has 3 rings (SSSR count). The number of hydrogen-bond donors (Lipinski definition) is 1. The molecule has 0 unspecified atom stereocenters. The van der Waals surface area contributed by atoms with Crippen molar-refractivity contribution in [1.82, 2.24) is 9.97 Å². The van der Waals surface area contributed by atoms with Crippen molar-refractivity contribution >= 4 is 34.2 Å². The Labute approximate surface area is 101 Å². The largest absolute Gasteiger partial charge is 0.452 e. The molecule has 0 fully saturated rings. The van der Waals surface area contributed by atoms with E-state index in [2.05, 4.69) is 9.97 Å². The lowest BCUT2D eigenvalue weighted by atomic mass is 10.3. The first kappa shape index (κ1) is 9.75. The molecule has 0 aliphatic heterocycles. The van der Waals surface area contributed by atoms with Crippen molar-refractivity contribution in [3.8, 4) is 11.4 Å². The number of nitrogens with one attached hydrogen (secondary N) is 1. The Morgan fingerprint density at radius 1 is 1.19 bits per heavy atom. The third-order valence-electron chi connectivity index (χ3n) is 2.34. The molecular formula is C11H6Cl2N2O. The predicted octanol–water partition coefficient (Wildman–Crippen LogP) is 4.13. The molecular weight excluding hydrogens is 247 g/mol. The number of furan rings is 1. The summed E-state index contributed by atoms with van der Waals surface area (Å²) in [5.41, 5.74) is 2.34. The highest BCUT2D eigenvalue weighted by Crippen LogP contribution is 2.30. The van der Waals surface area contributed by atoms with E-state index in [1.54, 1.807) is 12.1 Å². The number of fused-ring (bicyclic) bond motifs is 1. The lowest BCUT2D eigenvalue weighted by molar-refractivity contribution is 0.570. The molecule has 2 heterocycles. The Balaban J connectivity index is 2.27. The van der Waals surface area contributed by atoms with Crippen LogP contribution in [0.25, 0.3) is 22.4 Å². The van der Waals surface area contributed by atoms with Gasteiger partial charge in [0.1, 0.15) is 11.3 Å². The molecule has 80 valence electrons. The van der Waals surface area contributed by atoms with Crippen LogP contribution in [0.1, 0.15) is 0 Å². The van der Waals surface area contributed by atoms with Gasteiger partial charge in [-0.15, -0.1) is 0 Å². The molecule has 1 aromatic carbocycles. The Morgan fingerprint density at radius 3 is 2.75 bits per heavy atom. The third-order valence-corrected chi connectivity index (χ3v) is 2.93. The number of para-hydroxylation sites is 1. The highest BCUT2D eigenvalue weighted by atomic mass is 35.5. The van der Waals surface area contributed by atoms with Gasteiger partial charge in [0.2, 0.25) is 5.22 Å². The van der Waals surface area contributed by atoms with E-state index in [0.717, 1.165) is 16.6 Å². The van der Waals surface area contributed by atoms with Gasteiger partial charge in [-0.3, -0.25) is 0 Å². The third kappa shape index (κ3) is 1.40. The highest BCUT2D eigenvalue weighted by Gasteiger charge is 2.12. The van der Waals surface area contributed by atoms with Crippen molar-refractivity contribution in [1.29, 1.82) is 0 Å². The summed E-state index contributed by atoms with van der Waals surface area (Å²) in [6, 6.07) is 7.33. The summed E-state index contributed by atoms with van der Waals surface area (Å²) < 4.78 is 5.02. The summed E-state index contributed by atoms with van der Waals surface area (Å²) in [4.78, 5) is 7.52. The average molecular weight is 253 g/mol. The number of imidazole rings is 1. The summed E-state index contributed by atoms with van der Waals surface area (Å²) in [5, 5.41) is 0.926. The molecule has 3 aromatic rings. The number of nitrogens with zero attached hydrogens (tertiary/aromatic N) is 1. The van der Waals surface area contributed by atoms with Crippen molar-refractivity contribution < 1.29 is 4.42 Å². The number of aromatic nitrogens is 2. The fraction of sp³-hybridized carbons (Fsp3) is 0. The standard InChI is InChI=1S/C11H6Cl2N2O/c12-7-2-1-3-8-9(7)15-11(14-8)6-4-5-16-10(6)13/h1-5H,(H,14,15). The molecule has 0 radical (unpaired) electrons. The molecule has 0 atom stereocenters. The minimum Gasteiger partial charge on any atom is -0.452 e. The Hall–Kier alpha value is -1.45. The topological polar surface area (TPSA) is 41.8 Å². The number of rotatable bonds is 1. The first-order chi connectivity index (χ1) is 7.75. The van der Waals surface area contributed by atoms with E-state index in [4.69, 9.17) is 27.6 Å². The number of H-pyrrole nitrogens is 1. The second-order valence-corrected chi connectivity index (χ2v) is 4.08. The normalized spacial score (nSPS) is 11.1. The van der Waals surface area contributed by atoms with Gasteiger partial charge in [0.05, 0.1) is 22.4 Å². The van der Waals surface area contributed by atoms with Crippen LogP contribution in [0.15, 0.2) is 34.9 Å². The average Bonchev–Trinajstić information content (AvgIpc) is 2.84. The molecule has 0 bridgehead atoms. The highest BCUT2D eigenvalue weighted by molar-refractivity contribution is 6.35. The SMILES string of the molecule is Clc1occc1-c1nc2c(Cl)cccc2[nH]1. The van der Waals surface area contributed by atoms with Gasteiger partial charge in [0.25, 0.3) is 0 Å². The van der Waals surface area contributed by atoms with E-state index in [0.29, 0.717) is 16.1 Å². The van der Waals surface area contributed by atoms with Crippen LogP contribution < -0.4 is 0 Å². The minimum absolute atomic E-state index is 0.315. The first-order valence-corrected chi connectivity index (χ1v) is 5.39. The van der Waals surface area contributed by atoms with Gasteiger partial charge in [-0.05, 0) is 29.8 Å². The Kier molecular flexibility index (Phi) is 2.16. The summed E-state index contributed by atoms with van der Waals surface area (Å²) >= 11 is 11.9. The molecule has 5 heteroatoms. The molecule has 0 aliphatic rings. The molecule has 16 heavy (non-hydrogen) atoms. The summed E-state index contributed by atoms with van der Waals surface area (Å²) in [7, 11) is 0. The van der Waals surface area contributed by atoms with Crippen molar-refractivity contribution in [2.75, 3.05) is 0 Å². The Bertz CT molecular complexity index is 657. The van der Waals surface area contributed by atoms with Crippen LogP contribution in [0.3, 0.4) is 0 Å². The van der Waals surface area contributed by atoms with Crippen LogP contribution >= 0.6 is 23.2 Å². The van der Waals surface area contributed by atoms with Crippen molar-refractivity contribution in [2.24, 2.45) is 0 Å². The van der Waals surface area contributed by atoms with Gasteiger partial charge in [-0.25, -0.2) is 4.98 Å². The maximum Gasteiger partial charge on any atom is 0.203 e. The van der Waals surface area contributed by atoms with Crippen molar-refractivity contribution in [3.05, 3.63) is 40.8 Å². The summed E-state index contributed by atoms with van der Waals surface area (Å²) in [6.07, 6.45) is 1.52. The maximum atomic E-state index is 6.03. The van der Waals surface area contributed by atoms with Gasteiger partial charge in [0, 0.05) is 0 Å². The van der Waals surface area contributed by atoms with Crippen LogP contribution in [-0.2, 0) is 0 Å². The van der Waals surface area contributed by atoms with Crippen molar-refractivity contribution in [2.45, 2.75) is 0 Å². The van der Waals surface area contributed by atoms with E-state index >= 15 is 0 Å². The number of aromatic amines is 1. The first-order valence-electron chi connectivity index (χ1n) is 4.63. The zero-order valence-corrected chi connectivity index (χ0v) is 9.51. The van der Waals surface area contributed by atoms with Gasteiger partial charge in [-0.1, -0.05) is 17.7 Å². The fourth-order valence-corrected chi connectivity index (χ4v) is 2.01. The number of hydrogen-bond acceptors (Lipinski definition) is 2. The molecule has 1 N–H and O–H groups in total. The van der Waals surface area contributed by atoms with E-state index in [1.807, 2.05) is 12.1 Å². The van der Waals surface area contributed by atoms with E-state index in [1.165, 1.54) is 6.26 Å². The lowest BCUT2D eigenvalue weighted by Gasteiger charge is -1.88. The van der Waals surface area contributed by atoms with E-state index in [9.17, 15) is 0 Å². The quantitative estimate of drug-likeness (QED) is 0.708. The van der Waals surface area contributed by atoms with Crippen LogP contribution in [0.5, 0.6) is 0 Å². The Morgan fingerprint density at radius 2 is 2.06 bits per heavy atom. The van der Waals surface area contributed by atoms with Crippen LogP contribution in [0.4, 0.5) is 0 Å². The second-order valence-electron chi connectivity index (χ2n) is 3.33. The number of benzene rings is 1. The molecule has 0 saturated carbocycles. The van der Waals surface area contributed by atoms with E-state index in [-0.39, 0.29) is 0 Å². The number of halogens is 2. The summed E-state index contributed by atoms with van der Waals surface area (Å²) in [6.45, 7) is 0. The fourth-order valence-electron chi connectivity index (χ4n) is 1.59. The zero-order chi connectivity index (χ0) is 11.1. The van der Waals surface area contributed by atoms with E-state index < -0.39 is 0 Å².